The Morgan fingerprint density at radius 3 is 2.38 bits per heavy atom. The summed E-state index contributed by atoms with van der Waals surface area (Å²) < 4.78 is 36.2. The number of hydrogen-bond acceptors (Lipinski definition) is 11. The fraction of sp³-hybridized carbons (Fsp3) is 0.297. The lowest BCUT2D eigenvalue weighted by Crippen LogP contribution is -2.40. The van der Waals surface area contributed by atoms with Gasteiger partial charge >= 0.3 is 11.9 Å². The Morgan fingerprint density at radius 2 is 1.70 bits per heavy atom. The molecule has 1 aliphatic rings. The molecule has 0 bridgehead atoms. The first-order chi connectivity index (χ1) is 24.1. The second kappa shape index (κ2) is 16.4. The number of carbonyl (C=O) groups excluding carboxylic acids is 2. The molecule has 1 aromatic heterocycles. The molecule has 0 amide bonds. The number of benzene rings is 3. The van der Waals surface area contributed by atoms with Crippen LogP contribution in [0.15, 0.2) is 75.7 Å². The molecule has 4 aromatic rings. The van der Waals surface area contributed by atoms with E-state index in [9.17, 15) is 14.4 Å². The van der Waals surface area contributed by atoms with Crippen molar-refractivity contribution in [1.29, 1.82) is 0 Å². The van der Waals surface area contributed by atoms with E-state index in [2.05, 4.69) is 27.6 Å². The summed E-state index contributed by atoms with van der Waals surface area (Å²) in [7, 11) is 2.85. The molecule has 13 heteroatoms. The Kier molecular flexibility index (Phi) is 12.0. The monoisotopic (exact) mass is 812 g/mol. The molecule has 0 fully saturated rings. The maximum Gasteiger partial charge on any atom is 0.343 e. The summed E-state index contributed by atoms with van der Waals surface area (Å²) in [5.41, 5.74) is 3.80. The van der Waals surface area contributed by atoms with Crippen LogP contribution in [0.3, 0.4) is 0 Å². The van der Waals surface area contributed by atoms with Gasteiger partial charge in [0.05, 0.1) is 52.8 Å². The van der Waals surface area contributed by atoms with Gasteiger partial charge in [0, 0.05) is 0 Å². The average molecular weight is 813 g/mol. The van der Waals surface area contributed by atoms with E-state index in [1.807, 2.05) is 50.2 Å². The number of ether oxygens (including phenoxy) is 6. The number of allylic oxidation sites excluding steroid dienone is 1. The van der Waals surface area contributed by atoms with Crippen LogP contribution in [-0.2, 0) is 25.7 Å². The van der Waals surface area contributed by atoms with Crippen LogP contribution in [-0.4, -0.2) is 50.5 Å². The van der Waals surface area contributed by atoms with Crippen molar-refractivity contribution in [2.75, 3.05) is 34.0 Å². The van der Waals surface area contributed by atoms with Gasteiger partial charge < -0.3 is 28.4 Å². The van der Waals surface area contributed by atoms with Crippen molar-refractivity contribution in [3.63, 3.8) is 0 Å². The highest BCUT2D eigenvalue weighted by molar-refractivity contribution is 14.1. The van der Waals surface area contributed by atoms with E-state index in [-0.39, 0.29) is 24.3 Å². The van der Waals surface area contributed by atoms with E-state index in [0.717, 1.165) is 14.7 Å². The molecule has 0 spiro atoms. The second-order valence-corrected chi connectivity index (χ2v) is 13.3. The van der Waals surface area contributed by atoms with E-state index in [0.29, 0.717) is 56.8 Å². The smallest absolute Gasteiger partial charge is 0.343 e. The molecule has 0 unspecified atom stereocenters. The molecular formula is C37H37IN2O9S. The fourth-order valence-corrected chi connectivity index (χ4v) is 7.17. The van der Waals surface area contributed by atoms with Crippen LogP contribution in [0.2, 0.25) is 0 Å². The van der Waals surface area contributed by atoms with Crippen LogP contribution in [0.1, 0.15) is 49.1 Å². The molecule has 11 nitrogen and oxygen atoms in total. The molecule has 0 saturated heterocycles. The quantitative estimate of drug-likeness (QED) is 0.132. The Balaban J connectivity index is 1.58. The summed E-state index contributed by atoms with van der Waals surface area (Å²) in [6, 6.07) is 16.0. The normalized spacial score (nSPS) is 14.1. The summed E-state index contributed by atoms with van der Waals surface area (Å²) in [5.74, 6) is 0.633. The minimum Gasteiger partial charge on any atom is -0.493 e. The predicted molar refractivity (Wildman–Crippen MR) is 197 cm³/mol. The number of nitrogens with zero attached hydrogens (tertiary/aromatic N) is 2. The lowest BCUT2D eigenvalue weighted by Gasteiger charge is -2.25. The third kappa shape index (κ3) is 8.05. The Morgan fingerprint density at radius 1 is 0.940 bits per heavy atom. The topological polar surface area (TPSA) is 124 Å². The van der Waals surface area contributed by atoms with Crippen molar-refractivity contribution in [2.24, 2.45) is 4.99 Å². The largest absolute Gasteiger partial charge is 0.493 e. The molecule has 2 heterocycles. The third-order valence-electron chi connectivity index (χ3n) is 7.73. The van der Waals surface area contributed by atoms with Crippen molar-refractivity contribution < 1.29 is 38.0 Å². The number of fused-ring (bicyclic) bond motifs is 1. The van der Waals surface area contributed by atoms with E-state index in [1.165, 1.54) is 28.6 Å². The van der Waals surface area contributed by atoms with Gasteiger partial charge in [0.15, 0.2) is 34.4 Å². The molecule has 0 N–H and O–H groups in total. The first-order valence-electron chi connectivity index (χ1n) is 15.8. The van der Waals surface area contributed by atoms with Crippen LogP contribution in [0.25, 0.3) is 6.08 Å². The molecule has 262 valence electrons. The molecule has 3 aromatic carbocycles. The highest BCUT2D eigenvalue weighted by Crippen LogP contribution is 2.37. The molecule has 5 rings (SSSR count). The summed E-state index contributed by atoms with van der Waals surface area (Å²) in [6.45, 7) is 7.78. The summed E-state index contributed by atoms with van der Waals surface area (Å²) in [5, 5.41) is 0. The van der Waals surface area contributed by atoms with Crippen molar-refractivity contribution in [2.45, 2.75) is 40.3 Å². The molecular weight excluding hydrogens is 775 g/mol. The first kappa shape index (κ1) is 36.6. The molecule has 0 aliphatic carbocycles. The Bertz CT molecular complexity index is 2120. The molecule has 50 heavy (non-hydrogen) atoms. The van der Waals surface area contributed by atoms with E-state index >= 15 is 0 Å². The van der Waals surface area contributed by atoms with Gasteiger partial charge in [0.1, 0.15) is 6.61 Å². The summed E-state index contributed by atoms with van der Waals surface area (Å²) in [6.07, 6.45) is 1.77. The first-order valence-corrected chi connectivity index (χ1v) is 17.7. The summed E-state index contributed by atoms with van der Waals surface area (Å²) in [4.78, 5) is 44.5. The van der Waals surface area contributed by atoms with Gasteiger partial charge in [-0.1, -0.05) is 47.2 Å². The zero-order valence-corrected chi connectivity index (χ0v) is 31.5. The number of methoxy groups -OCH3 is 2. The number of aromatic nitrogens is 1. The lowest BCUT2D eigenvalue weighted by molar-refractivity contribution is -0.143. The van der Waals surface area contributed by atoms with Gasteiger partial charge in [0.2, 0.25) is 0 Å². The van der Waals surface area contributed by atoms with Crippen LogP contribution in [0, 0.1) is 10.5 Å². The van der Waals surface area contributed by atoms with Crippen molar-refractivity contribution in [3.8, 4) is 23.0 Å². The number of aryl methyl sites for hydroxylation is 1. The standard InChI is InChI=1S/C37H37IN2O9S/c1-7-46-28-18-25(13-14-27(28)48-20-31(41)45-6)33-32(36(43)47-8-2)22(4)39-37-40(33)35(42)30(50-37)17-24-15-26(38)34(29(16-24)44-5)49-19-23-11-9-21(3)10-12-23/h9-18,33H,7-8,19-20H2,1-6H3/b30-17-/t33-/m0/s1. The zero-order valence-electron chi connectivity index (χ0n) is 28.5. The van der Waals surface area contributed by atoms with Crippen LogP contribution in [0.5, 0.6) is 23.0 Å². The van der Waals surface area contributed by atoms with Gasteiger partial charge in [-0.25, -0.2) is 14.6 Å². The maximum atomic E-state index is 14.3. The van der Waals surface area contributed by atoms with Gasteiger partial charge in [-0.2, -0.15) is 0 Å². The Hall–Kier alpha value is -4.63. The van der Waals surface area contributed by atoms with Crippen molar-refractivity contribution >= 4 is 51.9 Å². The van der Waals surface area contributed by atoms with E-state index < -0.39 is 18.0 Å². The highest BCUT2D eigenvalue weighted by Gasteiger charge is 2.34. The minimum atomic E-state index is -0.881. The number of esters is 2. The maximum absolute atomic E-state index is 14.3. The molecule has 1 atom stereocenters. The number of carbonyl (C=O) groups is 2. The van der Waals surface area contributed by atoms with Crippen LogP contribution in [0.4, 0.5) is 0 Å². The number of rotatable bonds is 13. The number of halogens is 1. The number of hydrogen-bond donors (Lipinski definition) is 0. The van der Waals surface area contributed by atoms with Crippen molar-refractivity contribution in [1.82, 2.24) is 4.57 Å². The Labute approximate surface area is 306 Å². The highest BCUT2D eigenvalue weighted by atomic mass is 127. The van der Waals surface area contributed by atoms with Gasteiger partial charge in [-0.3, -0.25) is 9.36 Å². The van der Waals surface area contributed by atoms with Crippen LogP contribution < -0.4 is 33.8 Å². The third-order valence-corrected chi connectivity index (χ3v) is 9.51. The van der Waals surface area contributed by atoms with Gasteiger partial charge in [0.25, 0.3) is 5.56 Å². The minimum absolute atomic E-state index is 0.141. The molecule has 1 aliphatic heterocycles. The molecule has 0 saturated carbocycles. The predicted octanol–water partition coefficient (Wildman–Crippen LogP) is 5.25. The summed E-state index contributed by atoms with van der Waals surface area (Å²) >= 11 is 3.41. The van der Waals surface area contributed by atoms with Gasteiger partial charge in [-0.05, 0) is 97.3 Å². The van der Waals surface area contributed by atoms with Gasteiger partial charge in [-0.15, -0.1) is 0 Å². The number of thiazole rings is 1. The van der Waals surface area contributed by atoms with E-state index in [1.54, 1.807) is 45.2 Å². The fourth-order valence-electron chi connectivity index (χ4n) is 5.34. The second-order valence-electron chi connectivity index (χ2n) is 11.1. The lowest BCUT2D eigenvalue weighted by atomic mass is 9.95. The van der Waals surface area contributed by atoms with E-state index in [4.69, 9.17) is 28.4 Å². The van der Waals surface area contributed by atoms with Crippen LogP contribution >= 0.6 is 33.9 Å². The average Bonchev–Trinajstić information content (AvgIpc) is 3.40. The SMILES string of the molecule is CCOC(=O)C1=C(C)N=c2s/c(=C\c3cc(I)c(OCc4ccc(C)cc4)c(OC)c3)c(=O)n2[C@H]1c1ccc(OCC(=O)OC)c(OCC)c1. The molecule has 0 radical (unpaired) electrons. The zero-order chi connectivity index (χ0) is 35.9. The van der Waals surface area contributed by atoms with Crippen molar-refractivity contribution in [3.05, 3.63) is 111 Å².